The number of furan rings is 1. The molecular formula is C23H24FN3O7. The Morgan fingerprint density at radius 2 is 1.88 bits per heavy atom. The summed E-state index contributed by atoms with van der Waals surface area (Å²) in [7, 11) is 0. The first-order chi connectivity index (χ1) is 16.3. The quantitative estimate of drug-likeness (QED) is 0.468. The van der Waals surface area contributed by atoms with Crippen LogP contribution in [0.1, 0.15) is 48.9 Å². The van der Waals surface area contributed by atoms with E-state index in [9.17, 15) is 23.6 Å². The normalized spacial score (nSPS) is 21.9. The van der Waals surface area contributed by atoms with Gasteiger partial charge in [0.2, 0.25) is 5.76 Å². The third-order valence-electron chi connectivity index (χ3n) is 5.92. The van der Waals surface area contributed by atoms with Crippen LogP contribution in [0.15, 0.2) is 40.8 Å². The van der Waals surface area contributed by atoms with Crippen LogP contribution in [0.25, 0.3) is 0 Å². The average molecular weight is 473 g/mol. The molecule has 2 aliphatic rings. The Balaban J connectivity index is 1.25. The molecule has 1 aliphatic carbocycles. The first-order valence-electron chi connectivity index (χ1n) is 10.9. The van der Waals surface area contributed by atoms with Crippen LogP contribution in [-0.4, -0.2) is 41.0 Å². The van der Waals surface area contributed by atoms with Gasteiger partial charge in [0, 0.05) is 0 Å². The van der Waals surface area contributed by atoms with E-state index < -0.39 is 41.8 Å². The molecule has 2 fully saturated rings. The van der Waals surface area contributed by atoms with Crippen LogP contribution in [0.5, 0.6) is 5.75 Å². The number of hydrogen-bond donors (Lipinski definition) is 2. The number of amides is 4. The summed E-state index contributed by atoms with van der Waals surface area (Å²) in [4.78, 5) is 49.4. The molecule has 2 aromatic rings. The van der Waals surface area contributed by atoms with E-state index in [0.717, 1.165) is 12.8 Å². The zero-order valence-corrected chi connectivity index (χ0v) is 18.5. The van der Waals surface area contributed by atoms with E-state index in [1.54, 1.807) is 0 Å². The fourth-order valence-corrected chi connectivity index (χ4v) is 3.93. The van der Waals surface area contributed by atoms with E-state index in [0.29, 0.717) is 35.3 Å². The van der Waals surface area contributed by atoms with Gasteiger partial charge in [0.05, 0.1) is 0 Å². The number of ether oxygens (including phenoxy) is 2. The first kappa shape index (κ1) is 23.3. The largest absolute Gasteiger partial charge is 0.486 e. The number of halogens is 1. The molecule has 11 heteroatoms. The molecule has 1 aliphatic heterocycles. The van der Waals surface area contributed by atoms with Gasteiger partial charge in [-0.2, -0.15) is 5.01 Å². The number of urea groups is 1. The van der Waals surface area contributed by atoms with Crippen LogP contribution in [0.2, 0.25) is 0 Å². The van der Waals surface area contributed by atoms with Crippen molar-refractivity contribution in [2.45, 2.75) is 44.8 Å². The van der Waals surface area contributed by atoms with Gasteiger partial charge in [-0.3, -0.25) is 15.0 Å². The van der Waals surface area contributed by atoms with Crippen molar-refractivity contribution < 1.29 is 37.5 Å². The second kappa shape index (κ2) is 9.54. The lowest BCUT2D eigenvalue weighted by atomic mass is 9.77. The molecular weight excluding hydrogens is 449 g/mol. The molecule has 1 saturated carbocycles. The first-order valence-corrected chi connectivity index (χ1v) is 10.9. The van der Waals surface area contributed by atoms with Gasteiger partial charge < -0.3 is 19.2 Å². The molecule has 2 heterocycles. The van der Waals surface area contributed by atoms with E-state index in [1.807, 2.05) is 0 Å². The van der Waals surface area contributed by atoms with E-state index in [2.05, 4.69) is 17.7 Å². The highest BCUT2D eigenvalue weighted by molar-refractivity contribution is 6.08. The number of carbonyl (C=O) groups excluding carboxylic acids is 4. The van der Waals surface area contributed by atoms with E-state index in [-0.39, 0.29) is 12.4 Å². The highest BCUT2D eigenvalue weighted by atomic mass is 19.1. The molecule has 34 heavy (non-hydrogen) atoms. The maximum atomic E-state index is 12.9. The predicted octanol–water partition coefficient (Wildman–Crippen LogP) is 2.69. The summed E-state index contributed by atoms with van der Waals surface area (Å²) in [5, 5.41) is 3.33. The Hall–Kier alpha value is -3.89. The lowest BCUT2D eigenvalue weighted by molar-refractivity contribution is -0.141. The van der Waals surface area contributed by atoms with Gasteiger partial charge in [-0.05, 0) is 68.0 Å². The second-order valence-electron chi connectivity index (χ2n) is 8.46. The number of imide groups is 1. The summed E-state index contributed by atoms with van der Waals surface area (Å²) in [6, 6.07) is 7.55. The number of nitrogens with zero attached hydrogens (tertiary/aromatic N) is 1. The van der Waals surface area contributed by atoms with Crippen LogP contribution in [-0.2, 0) is 20.9 Å². The number of rotatable bonds is 7. The van der Waals surface area contributed by atoms with Crippen LogP contribution in [0.4, 0.5) is 9.18 Å². The van der Waals surface area contributed by atoms with Gasteiger partial charge in [0.15, 0.2) is 6.61 Å². The topological polar surface area (TPSA) is 127 Å². The standard InChI is InChI=1S/C23H24FN3O7/c1-14-8-10-23(11-9-14)21(30)27(22(31)25-23)26-19(28)13-33-20(29)18-7-6-17(34-18)12-32-16-4-2-15(24)3-5-16/h2-7,14H,8-13H2,1H3,(H,25,31)(H,26,28). The third-order valence-corrected chi connectivity index (χ3v) is 5.92. The van der Waals surface area contributed by atoms with Gasteiger partial charge >= 0.3 is 12.0 Å². The molecule has 1 spiro atoms. The molecule has 1 aromatic heterocycles. The number of carbonyl (C=O) groups is 4. The smallest absolute Gasteiger partial charge is 0.374 e. The fraction of sp³-hybridized carbons (Fsp3) is 0.391. The Labute approximate surface area is 194 Å². The van der Waals surface area contributed by atoms with Crippen molar-refractivity contribution in [3.63, 3.8) is 0 Å². The summed E-state index contributed by atoms with van der Waals surface area (Å²) in [6.07, 6.45) is 2.61. The van der Waals surface area contributed by atoms with E-state index >= 15 is 0 Å². The van der Waals surface area contributed by atoms with Crippen molar-refractivity contribution in [2.24, 2.45) is 5.92 Å². The predicted molar refractivity (Wildman–Crippen MR) is 114 cm³/mol. The lowest BCUT2D eigenvalue weighted by Gasteiger charge is -2.33. The molecule has 4 amide bonds. The number of nitrogens with one attached hydrogen (secondary N) is 2. The Morgan fingerprint density at radius 3 is 2.59 bits per heavy atom. The minimum absolute atomic E-state index is 0.00783. The van der Waals surface area contributed by atoms with E-state index in [1.165, 1.54) is 36.4 Å². The number of esters is 1. The summed E-state index contributed by atoms with van der Waals surface area (Å²) < 4.78 is 28.6. The monoisotopic (exact) mass is 473 g/mol. The fourth-order valence-electron chi connectivity index (χ4n) is 3.93. The molecule has 0 atom stereocenters. The zero-order chi connectivity index (χ0) is 24.3. The van der Waals surface area contributed by atoms with Crippen molar-refractivity contribution in [3.05, 3.63) is 53.7 Å². The van der Waals surface area contributed by atoms with E-state index in [4.69, 9.17) is 13.9 Å². The van der Waals surface area contributed by atoms with Crippen molar-refractivity contribution in [1.29, 1.82) is 0 Å². The molecule has 180 valence electrons. The minimum Gasteiger partial charge on any atom is -0.486 e. The van der Waals surface area contributed by atoms with Crippen LogP contribution in [0, 0.1) is 11.7 Å². The molecule has 4 rings (SSSR count). The molecule has 0 unspecified atom stereocenters. The highest BCUT2D eigenvalue weighted by Gasteiger charge is 2.52. The van der Waals surface area contributed by atoms with Crippen LogP contribution < -0.4 is 15.5 Å². The zero-order valence-electron chi connectivity index (χ0n) is 18.5. The molecule has 0 bridgehead atoms. The van der Waals surface area contributed by atoms with Crippen LogP contribution in [0.3, 0.4) is 0 Å². The molecule has 0 radical (unpaired) electrons. The Kier molecular flexibility index (Phi) is 6.53. The average Bonchev–Trinajstić information content (AvgIpc) is 3.38. The second-order valence-corrected chi connectivity index (χ2v) is 8.46. The SMILES string of the molecule is CC1CCC2(CC1)NC(=O)N(NC(=O)COC(=O)c1ccc(COc3ccc(F)cc3)o1)C2=O. The number of benzene rings is 1. The number of hydrogen-bond acceptors (Lipinski definition) is 7. The maximum Gasteiger partial charge on any atom is 0.374 e. The van der Waals surface area contributed by atoms with Gasteiger partial charge in [-0.25, -0.2) is 14.0 Å². The van der Waals surface area contributed by atoms with Crippen molar-refractivity contribution in [1.82, 2.24) is 15.8 Å². The molecule has 10 nitrogen and oxygen atoms in total. The van der Waals surface area contributed by atoms with Gasteiger partial charge in [0.1, 0.15) is 29.5 Å². The molecule has 1 aromatic carbocycles. The Morgan fingerprint density at radius 1 is 1.18 bits per heavy atom. The summed E-state index contributed by atoms with van der Waals surface area (Å²) >= 11 is 0. The van der Waals surface area contributed by atoms with Gasteiger partial charge in [0.25, 0.3) is 11.8 Å². The number of hydrazine groups is 1. The molecule has 2 N–H and O–H groups in total. The van der Waals surface area contributed by atoms with Crippen molar-refractivity contribution in [2.75, 3.05) is 6.61 Å². The van der Waals surface area contributed by atoms with Crippen molar-refractivity contribution in [3.8, 4) is 5.75 Å². The Bertz CT molecular complexity index is 1090. The van der Waals surface area contributed by atoms with Crippen LogP contribution >= 0.6 is 0 Å². The lowest BCUT2D eigenvalue weighted by Crippen LogP contribution is -2.52. The van der Waals surface area contributed by atoms with Crippen molar-refractivity contribution >= 4 is 23.8 Å². The summed E-state index contributed by atoms with van der Waals surface area (Å²) in [5.74, 6) is -1.61. The van der Waals surface area contributed by atoms with Gasteiger partial charge in [-0.15, -0.1) is 0 Å². The van der Waals surface area contributed by atoms with Gasteiger partial charge in [-0.1, -0.05) is 6.92 Å². The third kappa shape index (κ3) is 5.03. The summed E-state index contributed by atoms with van der Waals surface area (Å²) in [5.41, 5.74) is 1.20. The molecule has 1 saturated heterocycles. The minimum atomic E-state index is -0.992. The summed E-state index contributed by atoms with van der Waals surface area (Å²) in [6.45, 7) is 1.36. The maximum absolute atomic E-state index is 12.9. The highest BCUT2D eigenvalue weighted by Crippen LogP contribution is 2.35.